The Kier molecular flexibility index (Phi) is 3.60. The average Bonchev–Trinajstić information content (AvgIpc) is 2.26. The summed E-state index contributed by atoms with van der Waals surface area (Å²) in [6.07, 6.45) is 0. The molecule has 2 aromatic rings. The van der Waals surface area contributed by atoms with E-state index >= 15 is 0 Å². The van der Waals surface area contributed by atoms with Gasteiger partial charge < -0.3 is 0 Å². The van der Waals surface area contributed by atoms with Gasteiger partial charge in [-0.3, -0.25) is 0 Å². The Morgan fingerprint density at radius 1 is 1.00 bits per heavy atom. The minimum atomic E-state index is -3.57. The Balaban J connectivity index is 2.67. The van der Waals surface area contributed by atoms with Gasteiger partial charge >= 0.3 is 0 Å². The van der Waals surface area contributed by atoms with Crippen LogP contribution < -0.4 is 4.72 Å². The molecule has 0 radical (unpaired) electrons. The van der Waals surface area contributed by atoms with Crippen molar-refractivity contribution < 1.29 is 8.42 Å². The molecule has 1 N–H and O–H groups in total. The molecule has 3 nitrogen and oxygen atoms in total. The fraction of sp³-hybridized carbons (Fsp3) is 0.286. The maximum absolute atomic E-state index is 12.4. The van der Waals surface area contributed by atoms with Crippen LogP contribution in [0.25, 0.3) is 10.8 Å². The molecule has 0 aliphatic carbocycles. The summed E-state index contributed by atoms with van der Waals surface area (Å²) in [7, 11) is -3.57. The first-order valence-electron chi connectivity index (χ1n) is 5.92. The Bertz CT molecular complexity index is 718. The van der Waals surface area contributed by atoms with Crippen molar-refractivity contribution in [3.63, 3.8) is 0 Å². The third-order valence-electron chi connectivity index (χ3n) is 2.56. The smallest absolute Gasteiger partial charge is 0.207 e. The van der Waals surface area contributed by atoms with Crippen molar-refractivity contribution in [2.45, 2.75) is 31.2 Å². The molecule has 0 unspecified atom stereocenters. The molecule has 0 fully saturated rings. The number of nitrogens with one attached hydrogen (secondary N) is 1. The van der Waals surface area contributed by atoms with E-state index in [2.05, 4.69) is 4.72 Å². The molecular weight excluding hydrogens is 282 g/mol. The Labute approximate surface area is 118 Å². The number of benzene rings is 2. The standard InChI is InChI=1S/C14H16ClNO2S/c1-14(2,3)16-19(17,18)13-9-8-12(15)10-6-4-5-7-11(10)13/h4-9,16H,1-3H3. The van der Waals surface area contributed by atoms with E-state index in [1.165, 1.54) is 0 Å². The molecule has 102 valence electrons. The highest BCUT2D eigenvalue weighted by atomic mass is 35.5. The molecule has 0 bridgehead atoms. The number of sulfonamides is 1. The van der Waals surface area contributed by atoms with E-state index in [0.717, 1.165) is 5.39 Å². The summed E-state index contributed by atoms with van der Waals surface area (Å²) >= 11 is 6.10. The minimum Gasteiger partial charge on any atom is -0.207 e. The second kappa shape index (κ2) is 4.78. The normalized spacial score (nSPS) is 12.8. The topological polar surface area (TPSA) is 46.2 Å². The van der Waals surface area contributed by atoms with Gasteiger partial charge in [-0.25, -0.2) is 13.1 Å². The summed E-state index contributed by atoms with van der Waals surface area (Å²) in [5.74, 6) is 0. The van der Waals surface area contributed by atoms with Crippen LogP contribution in [0, 0.1) is 0 Å². The van der Waals surface area contributed by atoms with Gasteiger partial charge in [0.1, 0.15) is 0 Å². The van der Waals surface area contributed by atoms with Crippen LogP contribution in [0.3, 0.4) is 0 Å². The van der Waals surface area contributed by atoms with E-state index < -0.39 is 15.6 Å². The highest BCUT2D eigenvalue weighted by molar-refractivity contribution is 7.89. The number of hydrogen-bond donors (Lipinski definition) is 1. The number of hydrogen-bond acceptors (Lipinski definition) is 2. The van der Waals surface area contributed by atoms with E-state index in [4.69, 9.17) is 11.6 Å². The first kappa shape index (κ1) is 14.3. The average molecular weight is 298 g/mol. The maximum atomic E-state index is 12.4. The predicted octanol–water partition coefficient (Wildman–Crippen LogP) is 3.57. The Hall–Kier alpha value is -1.10. The van der Waals surface area contributed by atoms with Crippen molar-refractivity contribution in [2.24, 2.45) is 0 Å². The fourth-order valence-corrected chi connectivity index (χ4v) is 3.79. The van der Waals surface area contributed by atoms with Gasteiger partial charge in [-0.05, 0) is 32.9 Å². The summed E-state index contributed by atoms with van der Waals surface area (Å²) < 4.78 is 27.5. The van der Waals surface area contributed by atoms with E-state index in [-0.39, 0.29) is 4.90 Å². The minimum absolute atomic E-state index is 0.252. The van der Waals surface area contributed by atoms with E-state index in [1.807, 2.05) is 32.9 Å². The number of halogens is 1. The molecule has 0 aliphatic heterocycles. The quantitative estimate of drug-likeness (QED) is 0.921. The molecule has 2 rings (SSSR count). The van der Waals surface area contributed by atoms with Gasteiger partial charge in [0.25, 0.3) is 0 Å². The zero-order valence-electron chi connectivity index (χ0n) is 11.1. The van der Waals surface area contributed by atoms with Crippen LogP contribution in [0.1, 0.15) is 20.8 Å². The van der Waals surface area contributed by atoms with Crippen molar-refractivity contribution in [2.75, 3.05) is 0 Å². The van der Waals surface area contributed by atoms with Crippen LogP contribution in [0.4, 0.5) is 0 Å². The van der Waals surface area contributed by atoms with Gasteiger partial charge in [0.2, 0.25) is 10.0 Å². The molecule has 2 aromatic carbocycles. The highest BCUT2D eigenvalue weighted by Crippen LogP contribution is 2.29. The lowest BCUT2D eigenvalue weighted by molar-refractivity contribution is 0.492. The largest absolute Gasteiger partial charge is 0.241 e. The highest BCUT2D eigenvalue weighted by Gasteiger charge is 2.24. The van der Waals surface area contributed by atoms with Crippen LogP contribution in [-0.2, 0) is 10.0 Å². The molecule has 5 heteroatoms. The SMILES string of the molecule is CC(C)(C)NS(=O)(=O)c1ccc(Cl)c2ccccc12. The molecule has 0 amide bonds. The van der Waals surface area contributed by atoms with Gasteiger partial charge in [0, 0.05) is 21.3 Å². The summed E-state index contributed by atoms with van der Waals surface area (Å²) in [5.41, 5.74) is -0.528. The van der Waals surface area contributed by atoms with Crippen LogP contribution >= 0.6 is 11.6 Å². The number of fused-ring (bicyclic) bond motifs is 1. The first-order chi connectivity index (χ1) is 8.71. The van der Waals surface area contributed by atoms with Crippen LogP contribution in [0.5, 0.6) is 0 Å². The summed E-state index contributed by atoms with van der Waals surface area (Å²) in [5, 5.41) is 1.91. The molecule has 0 aliphatic rings. The number of rotatable bonds is 2. The van der Waals surface area contributed by atoms with Crippen LogP contribution in [0.2, 0.25) is 5.02 Å². The third-order valence-corrected chi connectivity index (χ3v) is 4.71. The van der Waals surface area contributed by atoms with Crippen LogP contribution in [-0.4, -0.2) is 14.0 Å². The lowest BCUT2D eigenvalue weighted by Crippen LogP contribution is -2.40. The van der Waals surface area contributed by atoms with Crippen molar-refractivity contribution in [3.05, 3.63) is 41.4 Å². The molecule has 0 saturated carbocycles. The van der Waals surface area contributed by atoms with Gasteiger partial charge in [0.15, 0.2) is 0 Å². The molecule has 19 heavy (non-hydrogen) atoms. The molecule has 0 spiro atoms. The first-order valence-corrected chi connectivity index (χ1v) is 7.78. The summed E-state index contributed by atoms with van der Waals surface area (Å²) in [6, 6.07) is 10.4. The van der Waals surface area contributed by atoms with Crippen molar-refractivity contribution in [1.29, 1.82) is 0 Å². The molecule has 0 atom stereocenters. The fourth-order valence-electron chi connectivity index (χ4n) is 1.93. The van der Waals surface area contributed by atoms with Gasteiger partial charge in [-0.2, -0.15) is 0 Å². The monoisotopic (exact) mass is 297 g/mol. The molecule has 0 heterocycles. The van der Waals surface area contributed by atoms with E-state index in [9.17, 15) is 8.42 Å². The lowest BCUT2D eigenvalue weighted by atomic mass is 10.1. The van der Waals surface area contributed by atoms with Crippen molar-refractivity contribution in [1.82, 2.24) is 4.72 Å². The van der Waals surface area contributed by atoms with Gasteiger partial charge in [-0.1, -0.05) is 35.9 Å². The van der Waals surface area contributed by atoms with Gasteiger partial charge in [-0.15, -0.1) is 0 Å². The van der Waals surface area contributed by atoms with E-state index in [0.29, 0.717) is 10.4 Å². The van der Waals surface area contributed by atoms with E-state index in [1.54, 1.807) is 24.3 Å². The second-order valence-electron chi connectivity index (χ2n) is 5.45. The van der Waals surface area contributed by atoms with Crippen LogP contribution in [0.15, 0.2) is 41.3 Å². The van der Waals surface area contributed by atoms with Crippen molar-refractivity contribution in [3.8, 4) is 0 Å². The lowest BCUT2D eigenvalue weighted by Gasteiger charge is -2.21. The predicted molar refractivity (Wildman–Crippen MR) is 79.0 cm³/mol. The Morgan fingerprint density at radius 3 is 2.16 bits per heavy atom. The zero-order valence-corrected chi connectivity index (χ0v) is 12.6. The molecular formula is C14H16ClNO2S. The molecule has 0 saturated heterocycles. The summed E-state index contributed by atoms with van der Waals surface area (Å²) in [6.45, 7) is 5.42. The third kappa shape index (κ3) is 3.08. The Morgan fingerprint density at radius 2 is 1.58 bits per heavy atom. The summed E-state index contributed by atoms with van der Waals surface area (Å²) in [4.78, 5) is 0.252. The van der Waals surface area contributed by atoms with Crippen molar-refractivity contribution >= 4 is 32.4 Å². The maximum Gasteiger partial charge on any atom is 0.241 e. The molecule has 0 aromatic heterocycles. The second-order valence-corrected chi connectivity index (χ2v) is 7.50. The van der Waals surface area contributed by atoms with Gasteiger partial charge in [0.05, 0.1) is 4.90 Å². The zero-order chi connectivity index (χ0) is 14.3.